The van der Waals surface area contributed by atoms with Gasteiger partial charge in [-0.15, -0.1) is 0 Å². The van der Waals surface area contributed by atoms with E-state index in [1.165, 1.54) is 6.07 Å². The fourth-order valence-corrected chi connectivity index (χ4v) is 1.97. The minimum Gasteiger partial charge on any atom is -0.454 e. The standard InChI is InChI=1S/C14H12Cl2FNO/c15-11-5-4-10(8-12(11)16)19-14-9(6-7-18)2-1-3-13(14)17/h1-5,8H,6-7,18H2. The Morgan fingerprint density at radius 3 is 2.58 bits per heavy atom. The first-order chi connectivity index (χ1) is 9.11. The molecule has 0 fully saturated rings. The van der Waals surface area contributed by atoms with Crippen molar-refractivity contribution in [2.75, 3.05) is 6.54 Å². The van der Waals surface area contributed by atoms with Gasteiger partial charge in [0.05, 0.1) is 10.0 Å². The molecule has 19 heavy (non-hydrogen) atoms. The second kappa shape index (κ2) is 6.24. The molecular weight excluding hydrogens is 288 g/mol. The zero-order valence-corrected chi connectivity index (χ0v) is 11.5. The molecule has 0 amide bonds. The Labute approximate surface area is 120 Å². The Morgan fingerprint density at radius 1 is 1.11 bits per heavy atom. The van der Waals surface area contributed by atoms with Gasteiger partial charge in [-0.1, -0.05) is 35.3 Å². The summed E-state index contributed by atoms with van der Waals surface area (Å²) in [7, 11) is 0. The summed E-state index contributed by atoms with van der Waals surface area (Å²) >= 11 is 11.7. The molecule has 0 aliphatic rings. The third-order valence-electron chi connectivity index (χ3n) is 2.57. The highest BCUT2D eigenvalue weighted by molar-refractivity contribution is 6.42. The van der Waals surface area contributed by atoms with E-state index in [9.17, 15) is 4.39 Å². The minimum atomic E-state index is -0.433. The van der Waals surface area contributed by atoms with Crippen molar-refractivity contribution in [1.82, 2.24) is 0 Å². The molecule has 100 valence electrons. The lowest BCUT2D eigenvalue weighted by Gasteiger charge is -2.12. The van der Waals surface area contributed by atoms with E-state index in [2.05, 4.69) is 0 Å². The summed E-state index contributed by atoms with van der Waals surface area (Å²) < 4.78 is 19.4. The third-order valence-corrected chi connectivity index (χ3v) is 3.31. The molecule has 0 saturated carbocycles. The normalized spacial score (nSPS) is 10.5. The van der Waals surface area contributed by atoms with Gasteiger partial charge in [0, 0.05) is 6.07 Å². The van der Waals surface area contributed by atoms with Crippen molar-refractivity contribution in [2.24, 2.45) is 5.73 Å². The van der Waals surface area contributed by atoms with Crippen molar-refractivity contribution in [1.29, 1.82) is 0 Å². The SMILES string of the molecule is NCCc1cccc(F)c1Oc1ccc(Cl)c(Cl)c1. The largest absolute Gasteiger partial charge is 0.454 e. The van der Waals surface area contributed by atoms with Gasteiger partial charge in [0.2, 0.25) is 0 Å². The molecule has 0 unspecified atom stereocenters. The van der Waals surface area contributed by atoms with Crippen molar-refractivity contribution in [3.05, 3.63) is 57.8 Å². The number of halogens is 3. The van der Waals surface area contributed by atoms with Crippen LogP contribution in [0, 0.1) is 5.82 Å². The molecule has 0 aliphatic carbocycles. The number of hydrogen-bond donors (Lipinski definition) is 1. The molecule has 2 N–H and O–H groups in total. The van der Waals surface area contributed by atoms with Crippen LogP contribution in [0.4, 0.5) is 4.39 Å². The lowest BCUT2D eigenvalue weighted by molar-refractivity contribution is 0.436. The number of benzene rings is 2. The first-order valence-corrected chi connectivity index (χ1v) is 6.47. The van der Waals surface area contributed by atoms with E-state index in [1.807, 2.05) is 0 Å². The molecule has 0 aromatic heterocycles. The van der Waals surface area contributed by atoms with Gasteiger partial charge in [0.25, 0.3) is 0 Å². The van der Waals surface area contributed by atoms with E-state index < -0.39 is 5.82 Å². The maximum atomic E-state index is 13.8. The van der Waals surface area contributed by atoms with Gasteiger partial charge in [-0.05, 0) is 36.7 Å². The zero-order valence-electron chi connectivity index (χ0n) is 10.00. The Kier molecular flexibility index (Phi) is 4.64. The van der Waals surface area contributed by atoms with Gasteiger partial charge in [-0.25, -0.2) is 4.39 Å². The topological polar surface area (TPSA) is 35.2 Å². The number of nitrogens with two attached hydrogens (primary N) is 1. The van der Waals surface area contributed by atoms with Crippen LogP contribution < -0.4 is 10.5 Å². The zero-order chi connectivity index (χ0) is 13.8. The van der Waals surface area contributed by atoms with E-state index >= 15 is 0 Å². The summed E-state index contributed by atoms with van der Waals surface area (Å²) in [6.45, 7) is 0.418. The Morgan fingerprint density at radius 2 is 1.89 bits per heavy atom. The van der Waals surface area contributed by atoms with Crippen LogP contribution in [0.25, 0.3) is 0 Å². The first kappa shape index (κ1) is 14.1. The van der Waals surface area contributed by atoms with Crippen LogP contribution in [0.15, 0.2) is 36.4 Å². The summed E-state index contributed by atoms with van der Waals surface area (Å²) in [5, 5.41) is 0.778. The molecule has 5 heteroatoms. The number of ether oxygens (including phenoxy) is 1. The van der Waals surface area contributed by atoms with Gasteiger partial charge in [0.1, 0.15) is 5.75 Å². The van der Waals surface area contributed by atoms with Crippen LogP contribution in [0.1, 0.15) is 5.56 Å². The quantitative estimate of drug-likeness (QED) is 0.906. The van der Waals surface area contributed by atoms with Crippen LogP contribution in [0.5, 0.6) is 11.5 Å². The summed E-state index contributed by atoms with van der Waals surface area (Å²) in [6, 6.07) is 9.52. The predicted molar refractivity (Wildman–Crippen MR) is 75.7 cm³/mol. The van der Waals surface area contributed by atoms with E-state index in [4.69, 9.17) is 33.7 Å². The summed E-state index contributed by atoms with van der Waals surface area (Å²) in [6.07, 6.45) is 0.536. The molecule has 2 rings (SSSR count). The molecule has 2 aromatic carbocycles. The number of hydrogen-bond acceptors (Lipinski definition) is 2. The summed E-state index contributed by atoms with van der Waals surface area (Å²) in [5.74, 6) is 0.168. The van der Waals surface area contributed by atoms with Crippen LogP contribution in [-0.4, -0.2) is 6.54 Å². The van der Waals surface area contributed by atoms with Gasteiger partial charge in [0.15, 0.2) is 11.6 Å². The molecule has 0 radical (unpaired) electrons. The van der Waals surface area contributed by atoms with E-state index in [1.54, 1.807) is 30.3 Å². The van der Waals surface area contributed by atoms with Gasteiger partial charge < -0.3 is 10.5 Å². The second-order valence-corrected chi connectivity index (χ2v) is 4.76. The van der Waals surface area contributed by atoms with Gasteiger partial charge in [-0.3, -0.25) is 0 Å². The highest BCUT2D eigenvalue weighted by Gasteiger charge is 2.11. The minimum absolute atomic E-state index is 0.173. The van der Waals surface area contributed by atoms with E-state index in [-0.39, 0.29) is 5.75 Å². The first-order valence-electron chi connectivity index (χ1n) is 5.72. The highest BCUT2D eigenvalue weighted by atomic mass is 35.5. The third kappa shape index (κ3) is 3.38. The van der Waals surface area contributed by atoms with Crippen LogP contribution in [-0.2, 0) is 6.42 Å². The van der Waals surface area contributed by atoms with Gasteiger partial charge in [-0.2, -0.15) is 0 Å². The van der Waals surface area contributed by atoms with Gasteiger partial charge >= 0.3 is 0 Å². The molecule has 2 nitrogen and oxygen atoms in total. The molecule has 2 aromatic rings. The Bertz CT molecular complexity index is 590. The van der Waals surface area contributed by atoms with Crippen molar-refractivity contribution in [3.63, 3.8) is 0 Å². The Balaban J connectivity index is 2.34. The predicted octanol–water partition coefficient (Wildman–Crippen LogP) is 4.43. The van der Waals surface area contributed by atoms with Crippen molar-refractivity contribution in [2.45, 2.75) is 6.42 Å². The maximum absolute atomic E-state index is 13.8. The average molecular weight is 300 g/mol. The van der Waals surface area contributed by atoms with E-state index in [0.717, 1.165) is 0 Å². The molecule has 0 aliphatic heterocycles. The summed E-state index contributed by atoms with van der Waals surface area (Å²) in [4.78, 5) is 0. The highest BCUT2D eigenvalue weighted by Crippen LogP contribution is 2.32. The monoisotopic (exact) mass is 299 g/mol. The van der Waals surface area contributed by atoms with Crippen molar-refractivity contribution in [3.8, 4) is 11.5 Å². The molecule has 0 bridgehead atoms. The Hall–Kier alpha value is -1.29. The number of rotatable bonds is 4. The lowest BCUT2D eigenvalue weighted by atomic mass is 10.1. The van der Waals surface area contributed by atoms with Crippen molar-refractivity contribution >= 4 is 23.2 Å². The van der Waals surface area contributed by atoms with Crippen LogP contribution in [0.2, 0.25) is 10.0 Å². The molecule has 0 saturated heterocycles. The lowest BCUT2D eigenvalue weighted by Crippen LogP contribution is -2.05. The number of para-hydroxylation sites is 1. The fourth-order valence-electron chi connectivity index (χ4n) is 1.68. The van der Waals surface area contributed by atoms with Crippen molar-refractivity contribution < 1.29 is 9.13 Å². The second-order valence-electron chi connectivity index (χ2n) is 3.94. The smallest absolute Gasteiger partial charge is 0.166 e. The molecule has 0 spiro atoms. The van der Waals surface area contributed by atoms with E-state index in [0.29, 0.717) is 34.3 Å². The molecular formula is C14H12Cl2FNO. The molecule has 0 atom stereocenters. The van der Waals surface area contributed by atoms with Crippen LogP contribution in [0.3, 0.4) is 0 Å². The maximum Gasteiger partial charge on any atom is 0.166 e. The molecule has 0 heterocycles. The summed E-state index contributed by atoms with van der Waals surface area (Å²) in [5.41, 5.74) is 6.22. The fraction of sp³-hybridized carbons (Fsp3) is 0.143. The van der Waals surface area contributed by atoms with Crippen LogP contribution >= 0.6 is 23.2 Å². The average Bonchev–Trinajstić information content (AvgIpc) is 2.38.